The lowest BCUT2D eigenvalue weighted by molar-refractivity contribution is 0.992. The fourth-order valence-electron chi connectivity index (χ4n) is 0.843. The number of hydrogen-bond acceptors (Lipinski definition) is 4. The molecule has 1 heterocycles. The van der Waals surface area contributed by atoms with Crippen molar-refractivity contribution in [1.82, 2.24) is 9.97 Å². The zero-order valence-corrected chi connectivity index (χ0v) is 7.70. The molecule has 12 heavy (non-hydrogen) atoms. The number of nitrogens with one attached hydrogen (secondary N) is 1. The van der Waals surface area contributed by atoms with Crippen molar-refractivity contribution >= 4 is 11.8 Å². The Balaban J connectivity index is 2.81. The minimum absolute atomic E-state index is 0.730. The maximum atomic E-state index is 4.27. The normalized spacial score (nSPS) is 9.58. The Morgan fingerprint density at radius 3 is 2.83 bits per heavy atom. The van der Waals surface area contributed by atoms with Crippen molar-refractivity contribution < 1.29 is 0 Å². The number of anilines is 2. The lowest BCUT2D eigenvalue weighted by Crippen LogP contribution is -2.13. The molecule has 0 radical (unpaired) electrons. The molecule has 0 aromatic carbocycles. The van der Waals surface area contributed by atoms with Crippen LogP contribution in [0, 0.1) is 0 Å². The van der Waals surface area contributed by atoms with Crippen LogP contribution in [0.15, 0.2) is 12.3 Å². The second-order valence-corrected chi connectivity index (χ2v) is 2.67. The first-order chi connectivity index (χ1) is 5.74. The molecule has 1 aromatic rings. The average molecular weight is 166 g/mol. The van der Waals surface area contributed by atoms with Crippen LogP contribution in [0.5, 0.6) is 0 Å². The van der Waals surface area contributed by atoms with Crippen LogP contribution in [0.3, 0.4) is 0 Å². The first-order valence-electron chi connectivity index (χ1n) is 3.98. The molecule has 4 nitrogen and oxygen atoms in total. The number of aromatic nitrogens is 2. The van der Waals surface area contributed by atoms with E-state index in [1.807, 2.05) is 32.0 Å². The van der Waals surface area contributed by atoms with E-state index in [0.29, 0.717) is 0 Å². The van der Waals surface area contributed by atoms with E-state index in [1.165, 1.54) is 0 Å². The monoisotopic (exact) mass is 166 g/mol. The summed E-state index contributed by atoms with van der Waals surface area (Å²) in [7, 11) is 3.84. The molecular formula is C8H14N4. The Kier molecular flexibility index (Phi) is 2.85. The predicted octanol–water partition coefficient (Wildman–Crippen LogP) is 0.974. The van der Waals surface area contributed by atoms with Crippen LogP contribution >= 0.6 is 0 Å². The highest BCUT2D eigenvalue weighted by molar-refractivity contribution is 5.39. The van der Waals surface area contributed by atoms with Gasteiger partial charge in [0.25, 0.3) is 0 Å². The summed E-state index contributed by atoms with van der Waals surface area (Å²) in [4.78, 5) is 10.2. The highest BCUT2D eigenvalue weighted by Crippen LogP contribution is 2.06. The quantitative estimate of drug-likeness (QED) is 0.726. The second kappa shape index (κ2) is 3.90. The maximum absolute atomic E-state index is 4.27. The highest BCUT2D eigenvalue weighted by Gasteiger charge is 1.98. The molecule has 1 rings (SSSR count). The molecule has 0 unspecified atom stereocenters. The summed E-state index contributed by atoms with van der Waals surface area (Å²) in [5.41, 5.74) is 0. The van der Waals surface area contributed by atoms with Crippen LogP contribution in [0.2, 0.25) is 0 Å². The molecule has 0 bridgehead atoms. The van der Waals surface area contributed by atoms with E-state index < -0.39 is 0 Å². The molecular weight excluding hydrogens is 152 g/mol. The van der Waals surface area contributed by atoms with E-state index in [0.717, 1.165) is 18.3 Å². The fourth-order valence-corrected chi connectivity index (χ4v) is 0.843. The summed E-state index contributed by atoms with van der Waals surface area (Å²) in [6.45, 7) is 2.92. The zero-order valence-electron chi connectivity index (χ0n) is 7.70. The molecule has 0 fully saturated rings. The molecule has 0 spiro atoms. The SMILES string of the molecule is CCNc1ccnc(N(C)C)n1. The van der Waals surface area contributed by atoms with E-state index in [9.17, 15) is 0 Å². The van der Waals surface area contributed by atoms with Gasteiger partial charge in [0.2, 0.25) is 5.95 Å². The van der Waals surface area contributed by atoms with Crippen molar-refractivity contribution in [2.24, 2.45) is 0 Å². The molecule has 0 aliphatic rings. The minimum atomic E-state index is 0.730. The van der Waals surface area contributed by atoms with Crippen molar-refractivity contribution in [2.75, 3.05) is 30.9 Å². The van der Waals surface area contributed by atoms with Gasteiger partial charge in [0, 0.05) is 26.8 Å². The third kappa shape index (κ3) is 2.08. The van der Waals surface area contributed by atoms with Crippen molar-refractivity contribution in [3.05, 3.63) is 12.3 Å². The van der Waals surface area contributed by atoms with Crippen LogP contribution in [0.4, 0.5) is 11.8 Å². The van der Waals surface area contributed by atoms with E-state index in [1.54, 1.807) is 6.20 Å². The lowest BCUT2D eigenvalue weighted by atomic mass is 10.5. The van der Waals surface area contributed by atoms with E-state index in [4.69, 9.17) is 0 Å². The molecule has 66 valence electrons. The lowest BCUT2D eigenvalue weighted by Gasteiger charge is -2.10. The molecule has 0 saturated carbocycles. The summed E-state index contributed by atoms with van der Waals surface area (Å²) >= 11 is 0. The van der Waals surface area contributed by atoms with E-state index in [2.05, 4.69) is 15.3 Å². The Hall–Kier alpha value is -1.32. The Labute approximate surface area is 72.6 Å². The molecule has 4 heteroatoms. The number of hydrogen-bond donors (Lipinski definition) is 1. The molecule has 1 N–H and O–H groups in total. The van der Waals surface area contributed by atoms with E-state index >= 15 is 0 Å². The van der Waals surface area contributed by atoms with Gasteiger partial charge in [-0.1, -0.05) is 0 Å². The van der Waals surface area contributed by atoms with Crippen molar-refractivity contribution in [2.45, 2.75) is 6.92 Å². The zero-order chi connectivity index (χ0) is 8.97. The van der Waals surface area contributed by atoms with Crippen LogP contribution in [0.1, 0.15) is 6.92 Å². The minimum Gasteiger partial charge on any atom is -0.370 e. The number of nitrogens with zero attached hydrogens (tertiary/aromatic N) is 3. The van der Waals surface area contributed by atoms with Gasteiger partial charge in [0.1, 0.15) is 5.82 Å². The molecule has 1 aromatic heterocycles. The Morgan fingerprint density at radius 2 is 2.25 bits per heavy atom. The van der Waals surface area contributed by atoms with Gasteiger partial charge in [0.05, 0.1) is 0 Å². The van der Waals surface area contributed by atoms with Crippen LogP contribution in [-0.4, -0.2) is 30.6 Å². The molecule has 0 amide bonds. The Bertz CT molecular complexity index is 247. The first-order valence-corrected chi connectivity index (χ1v) is 3.98. The van der Waals surface area contributed by atoms with Crippen LogP contribution in [0.25, 0.3) is 0 Å². The molecule has 0 aliphatic carbocycles. The summed E-state index contributed by atoms with van der Waals surface area (Å²) in [6.07, 6.45) is 1.75. The summed E-state index contributed by atoms with van der Waals surface area (Å²) < 4.78 is 0. The fraction of sp³-hybridized carbons (Fsp3) is 0.500. The van der Waals surface area contributed by atoms with Gasteiger partial charge in [-0.25, -0.2) is 4.98 Å². The summed E-state index contributed by atoms with van der Waals surface area (Å²) in [5, 5.41) is 3.12. The highest BCUT2D eigenvalue weighted by atomic mass is 15.2. The van der Waals surface area contributed by atoms with Crippen molar-refractivity contribution in [3.63, 3.8) is 0 Å². The third-order valence-electron chi connectivity index (χ3n) is 1.40. The largest absolute Gasteiger partial charge is 0.370 e. The standard InChI is InChI=1S/C8H14N4/c1-4-9-7-5-6-10-8(11-7)12(2)3/h5-6H,4H2,1-3H3,(H,9,10,11). The maximum Gasteiger partial charge on any atom is 0.226 e. The van der Waals surface area contributed by atoms with Gasteiger partial charge < -0.3 is 10.2 Å². The first kappa shape index (κ1) is 8.77. The van der Waals surface area contributed by atoms with Crippen molar-refractivity contribution in [1.29, 1.82) is 0 Å². The summed E-state index contributed by atoms with van der Waals surface area (Å²) in [6, 6.07) is 1.86. The molecule has 0 saturated heterocycles. The smallest absolute Gasteiger partial charge is 0.226 e. The van der Waals surface area contributed by atoms with Crippen molar-refractivity contribution in [3.8, 4) is 0 Å². The topological polar surface area (TPSA) is 41.1 Å². The molecule has 0 atom stereocenters. The van der Waals surface area contributed by atoms with Gasteiger partial charge in [-0.15, -0.1) is 0 Å². The van der Waals surface area contributed by atoms with Gasteiger partial charge in [-0.05, 0) is 13.0 Å². The second-order valence-electron chi connectivity index (χ2n) is 2.67. The van der Waals surface area contributed by atoms with Crippen LogP contribution < -0.4 is 10.2 Å². The van der Waals surface area contributed by atoms with Crippen LogP contribution in [-0.2, 0) is 0 Å². The number of rotatable bonds is 3. The summed E-state index contributed by atoms with van der Waals surface area (Å²) in [5.74, 6) is 1.60. The average Bonchev–Trinajstić information content (AvgIpc) is 2.05. The van der Waals surface area contributed by atoms with Gasteiger partial charge >= 0.3 is 0 Å². The third-order valence-corrected chi connectivity index (χ3v) is 1.40. The Morgan fingerprint density at radius 1 is 1.50 bits per heavy atom. The van der Waals surface area contributed by atoms with Gasteiger partial charge in [0.15, 0.2) is 0 Å². The van der Waals surface area contributed by atoms with E-state index in [-0.39, 0.29) is 0 Å². The predicted molar refractivity (Wildman–Crippen MR) is 50.5 cm³/mol. The molecule has 0 aliphatic heterocycles. The van der Waals surface area contributed by atoms with Gasteiger partial charge in [-0.2, -0.15) is 4.98 Å². The van der Waals surface area contributed by atoms with Gasteiger partial charge in [-0.3, -0.25) is 0 Å².